The fourth-order valence-corrected chi connectivity index (χ4v) is 4.18. The van der Waals surface area contributed by atoms with Gasteiger partial charge >= 0.3 is 6.18 Å². The Bertz CT molecular complexity index is 941. The molecule has 0 saturated carbocycles. The van der Waals surface area contributed by atoms with E-state index in [1.165, 1.54) is 0 Å². The molecule has 27 heavy (non-hydrogen) atoms. The number of fused-ring (bicyclic) bond motifs is 1. The van der Waals surface area contributed by atoms with Gasteiger partial charge in [-0.3, -0.25) is 4.79 Å². The van der Waals surface area contributed by atoms with Gasteiger partial charge in [-0.25, -0.2) is 13.4 Å². The van der Waals surface area contributed by atoms with Gasteiger partial charge in [-0.05, 0) is 42.5 Å². The Balaban J connectivity index is 1.70. The molecule has 0 fully saturated rings. The third-order valence-electron chi connectivity index (χ3n) is 4.41. The zero-order chi connectivity index (χ0) is 19.7. The number of amides is 1. The van der Waals surface area contributed by atoms with Crippen LogP contribution in [0.1, 0.15) is 35.6 Å². The number of pyridine rings is 1. The highest BCUT2D eigenvalue weighted by atomic mass is 32.2. The second-order valence-electron chi connectivity index (χ2n) is 6.35. The van der Waals surface area contributed by atoms with Crippen molar-refractivity contribution >= 4 is 15.7 Å². The van der Waals surface area contributed by atoms with Crippen LogP contribution in [0.5, 0.6) is 0 Å². The fourth-order valence-electron chi connectivity index (χ4n) is 3.12. The predicted octanol–water partition coefficient (Wildman–Crippen LogP) is 3.07. The number of hydrogen-bond acceptors (Lipinski definition) is 4. The SMILES string of the molecule is O=C(CS(=O)(=O)c1ccc(C(F)(F)F)cn1)NC1CCCc2ccccc21. The first-order valence-electron chi connectivity index (χ1n) is 8.30. The van der Waals surface area contributed by atoms with Crippen molar-refractivity contribution in [3.05, 3.63) is 59.3 Å². The van der Waals surface area contributed by atoms with Crippen LogP contribution in [0.25, 0.3) is 0 Å². The van der Waals surface area contributed by atoms with E-state index in [1.807, 2.05) is 24.3 Å². The quantitative estimate of drug-likeness (QED) is 0.859. The lowest BCUT2D eigenvalue weighted by Crippen LogP contribution is -2.35. The number of rotatable bonds is 4. The van der Waals surface area contributed by atoms with E-state index in [1.54, 1.807) is 0 Å². The molecule has 1 aromatic carbocycles. The van der Waals surface area contributed by atoms with Crippen molar-refractivity contribution in [2.45, 2.75) is 36.5 Å². The molecule has 1 aromatic heterocycles. The van der Waals surface area contributed by atoms with E-state index in [9.17, 15) is 26.4 Å². The Labute approximate surface area is 154 Å². The number of alkyl halides is 3. The first-order valence-corrected chi connectivity index (χ1v) is 9.95. The third kappa shape index (κ3) is 4.47. The lowest BCUT2D eigenvalue weighted by Gasteiger charge is -2.26. The molecular formula is C18H17F3N2O3S. The molecule has 1 atom stereocenters. The highest BCUT2D eigenvalue weighted by Gasteiger charge is 2.32. The minimum absolute atomic E-state index is 0.279. The van der Waals surface area contributed by atoms with Crippen LogP contribution in [-0.2, 0) is 27.2 Å². The number of halogens is 3. The molecule has 1 aliphatic carbocycles. The first-order chi connectivity index (χ1) is 12.7. The Morgan fingerprint density at radius 3 is 2.59 bits per heavy atom. The maximum atomic E-state index is 12.6. The van der Waals surface area contributed by atoms with Crippen molar-refractivity contribution in [2.24, 2.45) is 0 Å². The van der Waals surface area contributed by atoms with Gasteiger partial charge in [0.25, 0.3) is 0 Å². The second kappa shape index (κ2) is 7.30. The topological polar surface area (TPSA) is 76.1 Å². The molecule has 9 heteroatoms. The molecule has 1 N–H and O–H groups in total. The second-order valence-corrected chi connectivity index (χ2v) is 8.29. The number of nitrogens with zero attached hydrogens (tertiary/aromatic N) is 1. The number of aromatic nitrogens is 1. The first kappa shape index (κ1) is 19.3. The monoisotopic (exact) mass is 398 g/mol. The molecule has 1 heterocycles. The summed E-state index contributed by atoms with van der Waals surface area (Å²) in [5, 5.41) is 2.15. The number of benzene rings is 1. The molecule has 3 rings (SSSR count). The zero-order valence-electron chi connectivity index (χ0n) is 14.2. The van der Waals surface area contributed by atoms with Crippen molar-refractivity contribution in [3.8, 4) is 0 Å². The van der Waals surface area contributed by atoms with Crippen molar-refractivity contribution in [1.29, 1.82) is 0 Å². The summed E-state index contributed by atoms with van der Waals surface area (Å²) in [6, 6.07) is 8.74. The largest absolute Gasteiger partial charge is 0.417 e. The summed E-state index contributed by atoms with van der Waals surface area (Å²) in [6.45, 7) is 0. The molecule has 1 aliphatic rings. The van der Waals surface area contributed by atoms with Crippen LogP contribution >= 0.6 is 0 Å². The average molecular weight is 398 g/mol. The van der Waals surface area contributed by atoms with Gasteiger partial charge in [-0.1, -0.05) is 24.3 Å². The number of aryl methyl sites for hydroxylation is 1. The van der Waals surface area contributed by atoms with Gasteiger partial charge < -0.3 is 5.32 Å². The Kier molecular flexibility index (Phi) is 5.23. The molecule has 1 amide bonds. The van der Waals surface area contributed by atoms with E-state index >= 15 is 0 Å². The maximum Gasteiger partial charge on any atom is 0.417 e. The van der Waals surface area contributed by atoms with Gasteiger partial charge in [0.2, 0.25) is 15.7 Å². The van der Waals surface area contributed by atoms with E-state index < -0.39 is 38.3 Å². The van der Waals surface area contributed by atoms with E-state index in [4.69, 9.17) is 0 Å². The molecule has 0 saturated heterocycles. The molecule has 5 nitrogen and oxygen atoms in total. The standard InChI is InChI=1S/C18H17F3N2O3S/c19-18(20,21)13-8-9-17(22-10-13)27(25,26)11-16(24)23-15-7-3-5-12-4-1-2-6-14(12)15/h1-2,4,6,8-10,15H,3,5,7,11H2,(H,23,24). The van der Waals surface area contributed by atoms with E-state index in [0.29, 0.717) is 18.7 Å². The zero-order valence-corrected chi connectivity index (χ0v) is 15.0. The van der Waals surface area contributed by atoms with Gasteiger partial charge in [-0.15, -0.1) is 0 Å². The normalized spacial score (nSPS) is 17.2. The van der Waals surface area contributed by atoms with Crippen LogP contribution in [0.3, 0.4) is 0 Å². The smallest absolute Gasteiger partial charge is 0.348 e. The Hall–Kier alpha value is -2.42. The summed E-state index contributed by atoms with van der Waals surface area (Å²) < 4.78 is 62.2. The summed E-state index contributed by atoms with van der Waals surface area (Å²) in [5.41, 5.74) is 1.02. The van der Waals surface area contributed by atoms with Crippen LogP contribution in [0.15, 0.2) is 47.6 Å². The van der Waals surface area contributed by atoms with E-state index in [-0.39, 0.29) is 6.04 Å². The predicted molar refractivity (Wildman–Crippen MR) is 91.6 cm³/mol. The third-order valence-corrected chi connectivity index (χ3v) is 5.93. The van der Waals surface area contributed by atoms with Gasteiger partial charge in [0.1, 0.15) is 5.75 Å². The van der Waals surface area contributed by atoms with Gasteiger partial charge in [-0.2, -0.15) is 13.2 Å². The lowest BCUT2D eigenvalue weighted by molar-refractivity contribution is -0.137. The molecule has 0 aliphatic heterocycles. The average Bonchev–Trinajstić information content (AvgIpc) is 2.61. The van der Waals surface area contributed by atoms with Crippen molar-refractivity contribution in [2.75, 3.05) is 5.75 Å². The molecule has 0 bridgehead atoms. The van der Waals surface area contributed by atoms with Gasteiger partial charge in [0, 0.05) is 6.20 Å². The molecule has 144 valence electrons. The Morgan fingerprint density at radius 2 is 1.93 bits per heavy atom. The van der Waals surface area contributed by atoms with Gasteiger partial charge in [0.15, 0.2) is 5.03 Å². The maximum absolute atomic E-state index is 12.6. The van der Waals surface area contributed by atoms with Crippen molar-refractivity contribution in [3.63, 3.8) is 0 Å². The van der Waals surface area contributed by atoms with Crippen molar-refractivity contribution in [1.82, 2.24) is 10.3 Å². The minimum Gasteiger partial charge on any atom is -0.348 e. The minimum atomic E-state index is -4.61. The highest BCUT2D eigenvalue weighted by Crippen LogP contribution is 2.30. The number of hydrogen-bond donors (Lipinski definition) is 1. The number of sulfone groups is 1. The molecule has 1 unspecified atom stereocenters. The molecular weight excluding hydrogens is 381 g/mol. The summed E-state index contributed by atoms with van der Waals surface area (Å²) in [5.74, 6) is -1.58. The number of nitrogens with one attached hydrogen (secondary N) is 1. The highest BCUT2D eigenvalue weighted by molar-refractivity contribution is 7.92. The van der Waals surface area contributed by atoms with Crippen LogP contribution in [0, 0.1) is 0 Å². The van der Waals surface area contributed by atoms with E-state index in [2.05, 4.69) is 10.3 Å². The summed E-state index contributed by atoms with van der Waals surface area (Å²) in [4.78, 5) is 15.6. The number of carbonyl (C=O) groups excluding carboxylic acids is 1. The summed E-state index contributed by atoms with van der Waals surface area (Å²) in [6.07, 6.45) is -1.70. The van der Waals surface area contributed by atoms with Crippen LogP contribution in [0.4, 0.5) is 13.2 Å². The fraction of sp³-hybridized carbons (Fsp3) is 0.333. The summed E-state index contributed by atoms with van der Waals surface area (Å²) >= 11 is 0. The van der Waals surface area contributed by atoms with Gasteiger partial charge in [0.05, 0.1) is 11.6 Å². The summed E-state index contributed by atoms with van der Waals surface area (Å²) in [7, 11) is -4.14. The molecule has 0 radical (unpaired) electrons. The molecule has 2 aromatic rings. The van der Waals surface area contributed by atoms with Crippen LogP contribution in [-0.4, -0.2) is 25.1 Å². The van der Waals surface area contributed by atoms with E-state index in [0.717, 1.165) is 30.0 Å². The van der Waals surface area contributed by atoms with Crippen LogP contribution in [0.2, 0.25) is 0 Å². The van der Waals surface area contributed by atoms with Crippen molar-refractivity contribution < 1.29 is 26.4 Å². The lowest BCUT2D eigenvalue weighted by atomic mass is 9.88. The van der Waals surface area contributed by atoms with Crippen LogP contribution < -0.4 is 5.32 Å². The Morgan fingerprint density at radius 1 is 1.19 bits per heavy atom. The number of carbonyl (C=O) groups is 1. The molecule has 0 spiro atoms.